The topological polar surface area (TPSA) is 43.1 Å². The maximum atomic E-state index is 11.8. The molecule has 1 unspecified atom stereocenters. The Bertz CT molecular complexity index is 422. The Morgan fingerprint density at radius 3 is 3.06 bits per heavy atom. The van der Waals surface area contributed by atoms with Gasteiger partial charge < -0.3 is 5.73 Å². The monoisotopic (exact) mass is 215 g/mol. The lowest BCUT2D eigenvalue weighted by Crippen LogP contribution is -2.13. The first-order valence-electron chi connectivity index (χ1n) is 5.74. The van der Waals surface area contributed by atoms with E-state index in [0.29, 0.717) is 6.42 Å². The summed E-state index contributed by atoms with van der Waals surface area (Å²) in [7, 11) is 0. The molecule has 1 saturated carbocycles. The van der Waals surface area contributed by atoms with E-state index in [1.807, 2.05) is 25.2 Å². The Kier molecular flexibility index (Phi) is 3.20. The lowest BCUT2D eigenvalue weighted by atomic mass is 10.0. The lowest BCUT2D eigenvalue weighted by molar-refractivity contribution is -0.114. The summed E-state index contributed by atoms with van der Waals surface area (Å²) in [6, 6.07) is 0.151. The molecule has 0 aliphatic heterocycles. The molecule has 2 nitrogen and oxygen atoms in total. The van der Waals surface area contributed by atoms with Gasteiger partial charge in [-0.25, -0.2) is 0 Å². The van der Waals surface area contributed by atoms with Crippen molar-refractivity contribution < 1.29 is 4.79 Å². The lowest BCUT2D eigenvalue weighted by Gasteiger charge is -2.02. The van der Waals surface area contributed by atoms with E-state index in [1.54, 1.807) is 0 Å². The number of nitrogens with two attached hydrogens (primary N) is 1. The van der Waals surface area contributed by atoms with Gasteiger partial charge in [0.1, 0.15) is 0 Å². The van der Waals surface area contributed by atoms with Gasteiger partial charge in [0.05, 0.1) is 0 Å². The molecule has 1 fully saturated rings. The molecule has 2 N–H and O–H groups in total. The van der Waals surface area contributed by atoms with Crippen molar-refractivity contribution in [3.8, 4) is 0 Å². The van der Waals surface area contributed by atoms with Crippen LogP contribution < -0.4 is 5.73 Å². The predicted molar refractivity (Wildman–Crippen MR) is 65.9 cm³/mol. The van der Waals surface area contributed by atoms with E-state index in [2.05, 4.69) is 12.2 Å². The molecule has 1 atom stereocenters. The quantitative estimate of drug-likeness (QED) is 0.768. The molecule has 2 rings (SSSR count). The van der Waals surface area contributed by atoms with Crippen LogP contribution in [-0.4, -0.2) is 11.8 Å². The summed E-state index contributed by atoms with van der Waals surface area (Å²) in [5, 5.41) is 0. The van der Waals surface area contributed by atoms with Crippen molar-refractivity contribution in [2.45, 2.75) is 32.2 Å². The van der Waals surface area contributed by atoms with Crippen molar-refractivity contribution in [3.63, 3.8) is 0 Å². The van der Waals surface area contributed by atoms with Crippen molar-refractivity contribution in [2.24, 2.45) is 5.73 Å². The number of rotatable bonds is 2. The first-order chi connectivity index (χ1) is 7.68. The largest absolute Gasteiger partial charge is 0.328 e. The van der Waals surface area contributed by atoms with Crippen LogP contribution in [0.15, 0.2) is 47.1 Å². The minimum atomic E-state index is 0.151. The van der Waals surface area contributed by atoms with Crippen LogP contribution in [-0.2, 0) is 4.79 Å². The molecule has 2 heteroatoms. The molecule has 2 aliphatic rings. The fourth-order valence-electron chi connectivity index (χ4n) is 2.05. The molecular formula is C14H17NO. The Morgan fingerprint density at radius 2 is 2.31 bits per heavy atom. The molecule has 16 heavy (non-hydrogen) atoms. The van der Waals surface area contributed by atoms with Crippen LogP contribution in [0.25, 0.3) is 0 Å². The van der Waals surface area contributed by atoms with Crippen LogP contribution in [0.4, 0.5) is 0 Å². The van der Waals surface area contributed by atoms with Crippen LogP contribution in [0.5, 0.6) is 0 Å². The molecule has 84 valence electrons. The zero-order valence-electron chi connectivity index (χ0n) is 9.57. The molecule has 0 aromatic heterocycles. The van der Waals surface area contributed by atoms with Gasteiger partial charge >= 0.3 is 0 Å². The van der Waals surface area contributed by atoms with Crippen LogP contribution in [0.3, 0.4) is 0 Å². The van der Waals surface area contributed by atoms with Gasteiger partial charge in [0, 0.05) is 18.0 Å². The van der Waals surface area contributed by atoms with E-state index in [0.717, 1.165) is 29.6 Å². The average Bonchev–Trinajstić information content (AvgIpc) is 2.43. The zero-order chi connectivity index (χ0) is 11.5. The highest BCUT2D eigenvalue weighted by Gasteiger charge is 2.26. The Morgan fingerprint density at radius 1 is 1.50 bits per heavy atom. The second kappa shape index (κ2) is 4.62. The number of Topliss-reactive ketones (excluding diaryl/α,β-unsaturated/α-hetero) is 1. The predicted octanol–water partition coefficient (Wildman–Crippen LogP) is 2.44. The molecule has 2 aliphatic carbocycles. The Hall–Kier alpha value is -1.41. The van der Waals surface area contributed by atoms with Crippen molar-refractivity contribution in [2.75, 3.05) is 0 Å². The number of carbonyl (C=O) groups is 1. The first kappa shape index (κ1) is 11.1. The van der Waals surface area contributed by atoms with Crippen LogP contribution in [0.2, 0.25) is 0 Å². The molecule has 0 heterocycles. The average molecular weight is 215 g/mol. The summed E-state index contributed by atoms with van der Waals surface area (Å²) in [4.78, 5) is 11.8. The maximum Gasteiger partial charge on any atom is 0.167 e. The molecule has 0 bridgehead atoms. The van der Waals surface area contributed by atoms with E-state index < -0.39 is 0 Å². The summed E-state index contributed by atoms with van der Waals surface area (Å²) in [5.41, 5.74) is 8.85. The molecule has 0 radical (unpaired) electrons. The summed E-state index contributed by atoms with van der Waals surface area (Å²) in [6.45, 7) is 1.98. The van der Waals surface area contributed by atoms with Crippen LogP contribution >= 0.6 is 0 Å². The summed E-state index contributed by atoms with van der Waals surface area (Å²) in [5.74, 6) is 0.242. The fraction of sp³-hybridized carbons (Fsp3) is 0.357. The molecule has 0 saturated heterocycles. The van der Waals surface area contributed by atoms with Gasteiger partial charge in [-0.05, 0) is 30.9 Å². The van der Waals surface area contributed by atoms with E-state index >= 15 is 0 Å². The van der Waals surface area contributed by atoms with Crippen LogP contribution in [0.1, 0.15) is 26.2 Å². The SMILES string of the molecule is CC(N)C/C=C1\CC(=O)C2=CCC=CC=C21. The standard InChI is InChI=1S/C14H17NO/c1-10(15)7-8-11-9-14(16)13-6-4-2-3-5-12(11)13/h2-3,5-6,8,10H,4,7,9,15H2,1H3/b11-8+. The van der Waals surface area contributed by atoms with Crippen molar-refractivity contribution in [3.05, 3.63) is 47.1 Å². The minimum Gasteiger partial charge on any atom is -0.328 e. The van der Waals surface area contributed by atoms with Crippen LogP contribution in [0, 0.1) is 0 Å². The smallest absolute Gasteiger partial charge is 0.167 e. The number of ketones is 1. The molecular weight excluding hydrogens is 198 g/mol. The van der Waals surface area contributed by atoms with Gasteiger partial charge in [-0.15, -0.1) is 0 Å². The maximum absolute atomic E-state index is 11.8. The van der Waals surface area contributed by atoms with Crippen molar-refractivity contribution >= 4 is 5.78 Å². The van der Waals surface area contributed by atoms with E-state index in [-0.39, 0.29) is 11.8 Å². The zero-order valence-corrected chi connectivity index (χ0v) is 9.57. The first-order valence-corrected chi connectivity index (χ1v) is 5.74. The number of hydrogen-bond acceptors (Lipinski definition) is 2. The normalized spacial score (nSPS) is 23.9. The van der Waals surface area contributed by atoms with E-state index in [9.17, 15) is 4.79 Å². The second-order valence-electron chi connectivity index (χ2n) is 4.40. The summed E-state index contributed by atoms with van der Waals surface area (Å²) < 4.78 is 0. The third kappa shape index (κ3) is 2.22. The highest BCUT2D eigenvalue weighted by molar-refractivity contribution is 6.07. The molecule has 0 aromatic rings. The molecule has 0 amide bonds. The molecule has 0 aromatic carbocycles. The van der Waals surface area contributed by atoms with Gasteiger partial charge in [0.15, 0.2) is 5.78 Å². The summed E-state index contributed by atoms with van der Waals surface area (Å²) in [6.07, 6.45) is 12.5. The highest BCUT2D eigenvalue weighted by Crippen LogP contribution is 2.34. The number of hydrogen-bond donors (Lipinski definition) is 1. The number of fused-ring (bicyclic) bond motifs is 1. The van der Waals surface area contributed by atoms with Gasteiger partial charge in [-0.1, -0.05) is 30.4 Å². The Labute approximate surface area is 96.2 Å². The fourth-order valence-corrected chi connectivity index (χ4v) is 2.05. The molecule has 0 spiro atoms. The second-order valence-corrected chi connectivity index (χ2v) is 4.40. The number of carbonyl (C=O) groups excluding carboxylic acids is 1. The van der Waals surface area contributed by atoms with E-state index in [4.69, 9.17) is 5.73 Å². The van der Waals surface area contributed by atoms with Crippen molar-refractivity contribution in [1.82, 2.24) is 0 Å². The van der Waals surface area contributed by atoms with Gasteiger partial charge in [0.2, 0.25) is 0 Å². The number of allylic oxidation sites excluding steroid dienone is 7. The summed E-state index contributed by atoms with van der Waals surface area (Å²) >= 11 is 0. The Balaban J connectivity index is 2.30. The van der Waals surface area contributed by atoms with E-state index in [1.165, 1.54) is 0 Å². The van der Waals surface area contributed by atoms with Crippen molar-refractivity contribution in [1.29, 1.82) is 0 Å². The highest BCUT2D eigenvalue weighted by atomic mass is 16.1. The third-order valence-corrected chi connectivity index (χ3v) is 2.88. The third-order valence-electron chi connectivity index (χ3n) is 2.88. The minimum absolute atomic E-state index is 0.151. The van der Waals surface area contributed by atoms with Gasteiger partial charge in [0.25, 0.3) is 0 Å². The van der Waals surface area contributed by atoms with Gasteiger partial charge in [-0.2, -0.15) is 0 Å². The van der Waals surface area contributed by atoms with Gasteiger partial charge in [-0.3, -0.25) is 4.79 Å².